The van der Waals surface area contributed by atoms with Gasteiger partial charge in [-0.15, -0.1) is 0 Å². The first-order chi connectivity index (χ1) is 10.2. The second kappa shape index (κ2) is 7.23. The molecule has 1 aromatic heterocycles. The van der Waals surface area contributed by atoms with E-state index in [0.29, 0.717) is 0 Å². The number of hydrogen-bond acceptors (Lipinski definition) is 3. The molecule has 0 spiro atoms. The molecule has 0 saturated carbocycles. The Labute approximate surface area is 127 Å². The summed E-state index contributed by atoms with van der Waals surface area (Å²) in [5.41, 5.74) is 3.53. The Kier molecular flexibility index (Phi) is 5.34. The van der Waals surface area contributed by atoms with E-state index < -0.39 is 0 Å². The lowest BCUT2D eigenvalue weighted by molar-refractivity contribution is 0.242. The van der Waals surface area contributed by atoms with Crippen molar-refractivity contribution >= 4 is 0 Å². The van der Waals surface area contributed by atoms with Gasteiger partial charge in [-0.05, 0) is 56.6 Å². The Hall–Kier alpha value is -1.87. The van der Waals surface area contributed by atoms with Gasteiger partial charge in [0, 0.05) is 6.20 Å². The zero-order valence-corrected chi connectivity index (χ0v) is 13.3. The third kappa shape index (κ3) is 3.82. The average Bonchev–Trinajstić information content (AvgIpc) is 2.48. The van der Waals surface area contributed by atoms with Crippen molar-refractivity contribution in [3.63, 3.8) is 0 Å². The molecule has 3 heteroatoms. The molecule has 1 aromatic carbocycles. The van der Waals surface area contributed by atoms with Gasteiger partial charge in [0.15, 0.2) is 0 Å². The minimum Gasteiger partial charge on any atom is -0.491 e. The second-order valence-electron chi connectivity index (χ2n) is 5.36. The highest BCUT2D eigenvalue weighted by atomic mass is 16.5. The van der Waals surface area contributed by atoms with Gasteiger partial charge in [0.05, 0.1) is 17.8 Å². The van der Waals surface area contributed by atoms with Gasteiger partial charge in [-0.3, -0.25) is 4.98 Å². The number of ether oxygens (including phenoxy) is 1. The van der Waals surface area contributed by atoms with E-state index in [1.54, 1.807) is 0 Å². The average molecular weight is 284 g/mol. The number of benzene rings is 1. The smallest absolute Gasteiger partial charge is 0.120 e. The predicted octanol–water partition coefficient (Wildman–Crippen LogP) is 3.74. The fourth-order valence-electron chi connectivity index (χ4n) is 2.51. The molecule has 2 rings (SSSR count). The van der Waals surface area contributed by atoms with Crippen LogP contribution < -0.4 is 10.1 Å². The molecule has 1 N–H and O–H groups in total. The molecule has 1 heterocycles. The molecule has 0 aliphatic carbocycles. The first-order valence-corrected chi connectivity index (χ1v) is 7.53. The molecule has 112 valence electrons. The minimum absolute atomic E-state index is 0.0804. The summed E-state index contributed by atoms with van der Waals surface area (Å²) in [4.78, 5) is 4.58. The highest BCUT2D eigenvalue weighted by molar-refractivity contribution is 5.37. The van der Waals surface area contributed by atoms with Gasteiger partial charge in [-0.1, -0.05) is 25.1 Å². The second-order valence-corrected chi connectivity index (χ2v) is 5.36. The molecule has 1 unspecified atom stereocenters. The summed E-state index contributed by atoms with van der Waals surface area (Å²) < 4.78 is 5.79. The lowest BCUT2D eigenvalue weighted by Crippen LogP contribution is -2.20. The van der Waals surface area contributed by atoms with E-state index in [0.717, 1.165) is 17.9 Å². The number of nitrogens with one attached hydrogen (secondary N) is 1. The molecule has 0 radical (unpaired) electrons. The summed E-state index contributed by atoms with van der Waals surface area (Å²) in [5, 5.41) is 3.37. The summed E-state index contributed by atoms with van der Waals surface area (Å²) >= 11 is 0. The third-order valence-electron chi connectivity index (χ3n) is 3.43. The number of hydrogen-bond donors (Lipinski definition) is 1. The number of pyridine rings is 1. The van der Waals surface area contributed by atoms with Gasteiger partial charge >= 0.3 is 0 Å². The Morgan fingerprint density at radius 2 is 2.00 bits per heavy atom. The van der Waals surface area contributed by atoms with Crippen molar-refractivity contribution in [2.24, 2.45) is 0 Å². The van der Waals surface area contributed by atoms with Crippen LogP contribution in [0.5, 0.6) is 5.75 Å². The van der Waals surface area contributed by atoms with Crippen LogP contribution in [0.2, 0.25) is 0 Å². The van der Waals surface area contributed by atoms with E-state index in [1.807, 2.05) is 45.3 Å². The van der Waals surface area contributed by atoms with Crippen LogP contribution in [0.4, 0.5) is 0 Å². The molecule has 0 aliphatic rings. The molecule has 0 bridgehead atoms. The molecule has 21 heavy (non-hydrogen) atoms. The maximum atomic E-state index is 5.79. The van der Waals surface area contributed by atoms with Crippen LogP contribution in [0.3, 0.4) is 0 Å². The Bertz CT molecular complexity index is 581. The topological polar surface area (TPSA) is 34.2 Å². The van der Waals surface area contributed by atoms with Crippen LogP contribution in [-0.2, 0) is 6.42 Å². The quantitative estimate of drug-likeness (QED) is 0.877. The van der Waals surface area contributed by atoms with Crippen molar-refractivity contribution in [2.45, 2.75) is 39.3 Å². The summed E-state index contributed by atoms with van der Waals surface area (Å²) in [6.45, 7) is 6.23. The van der Waals surface area contributed by atoms with Gasteiger partial charge in [0.2, 0.25) is 0 Å². The standard InChI is InChI=1S/C18H24N2O/c1-5-14-9-7-11-20-18(14)17(19-4)15-8-6-10-16(12-15)21-13(2)3/h6-13,17,19H,5H2,1-4H3. The Morgan fingerprint density at radius 3 is 2.67 bits per heavy atom. The predicted molar refractivity (Wildman–Crippen MR) is 86.7 cm³/mol. The van der Waals surface area contributed by atoms with E-state index in [9.17, 15) is 0 Å². The van der Waals surface area contributed by atoms with Gasteiger partial charge in [-0.25, -0.2) is 0 Å². The zero-order valence-electron chi connectivity index (χ0n) is 13.3. The number of aryl methyl sites for hydroxylation is 1. The fourth-order valence-corrected chi connectivity index (χ4v) is 2.51. The van der Waals surface area contributed by atoms with Crippen LogP contribution >= 0.6 is 0 Å². The molecule has 0 saturated heterocycles. The molecular weight excluding hydrogens is 260 g/mol. The number of aromatic nitrogens is 1. The Balaban J connectivity index is 2.37. The first kappa shape index (κ1) is 15.5. The van der Waals surface area contributed by atoms with E-state index >= 15 is 0 Å². The van der Waals surface area contributed by atoms with Gasteiger partial charge in [0.1, 0.15) is 5.75 Å². The van der Waals surface area contributed by atoms with Crippen molar-refractivity contribution in [1.82, 2.24) is 10.3 Å². The molecule has 3 nitrogen and oxygen atoms in total. The number of nitrogens with zero attached hydrogens (tertiary/aromatic N) is 1. The lowest BCUT2D eigenvalue weighted by atomic mass is 9.98. The van der Waals surface area contributed by atoms with Crippen molar-refractivity contribution in [3.8, 4) is 5.75 Å². The molecule has 0 amide bonds. The summed E-state index contributed by atoms with van der Waals surface area (Å²) in [6.07, 6.45) is 3.01. The van der Waals surface area contributed by atoms with Crippen molar-refractivity contribution in [1.29, 1.82) is 0 Å². The van der Waals surface area contributed by atoms with E-state index in [4.69, 9.17) is 4.74 Å². The monoisotopic (exact) mass is 284 g/mol. The van der Waals surface area contributed by atoms with E-state index in [-0.39, 0.29) is 12.1 Å². The van der Waals surface area contributed by atoms with Crippen LogP contribution in [-0.4, -0.2) is 18.1 Å². The van der Waals surface area contributed by atoms with E-state index in [1.165, 1.54) is 11.1 Å². The molecule has 1 atom stereocenters. The number of rotatable bonds is 6. The maximum absolute atomic E-state index is 5.79. The van der Waals surface area contributed by atoms with Gasteiger partial charge in [-0.2, -0.15) is 0 Å². The van der Waals surface area contributed by atoms with Gasteiger partial charge < -0.3 is 10.1 Å². The highest BCUT2D eigenvalue weighted by Gasteiger charge is 2.17. The molecular formula is C18H24N2O. The summed E-state index contributed by atoms with van der Waals surface area (Å²) in [6, 6.07) is 12.4. The SMILES string of the molecule is CCc1cccnc1C(NC)c1cccc(OC(C)C)c1. The summed E-state index contributed by atoms with van der Waals surface area (Å²) in [5.74, 6) is 0.900. The van der Waals surface area contributed by atoms with Crippen LogP contribution in [0, 0.1) is 0 Å². The molecule has 0 aliphatic heterocycles. The normalized spacial score (nSPS) is 12.4. The minimum atomic E-state index is 0.0804. The first-order valence-electron chi connectivity index (χ1n) is 7.53. The van der Waals surface area contributed by atoms with Crippen molar-refractivity contribution in [3.05, 3.63) is 59.4 Å². The Morgan fingerprint density at radius 1 is 1.19 bits per heavy atom. The van der Waals surface area contributed by atoms with Crippen molar-refractivity contribution in [2.75, 3.05) is 7.05 Å². The van der Waals surface area contributed by atoms with Crippen LogP contribution in [0.25, 0.3) is 0 Å². The van der Waals surface area contributed by atoms with E-state index in [2.05, 4.69) is 35.4 Å². The highest BCUT2D eigenvalue weighted by Crippen LogP contribution is 2.26. The fraction of sp³-hybridized carbons (Fsp3) is 0.389. The van der Waals surface area contributed by atoms with Crippen molar-refractivity contribution < 1.29 is 4.74 Å². The molecule has 2 aromatic rings. The van der Waals surface area contributed by atoms with Gasteiger partial charge in [0.25, 0.3) is 0 Å². The van der Waals surface area contributed by atoms with Crippen LogP contribution in [0.15, 0.2) is 42.6 Å². The summed E-state index contributed by atoms with van der Waals surface area (Å²) in [7, 11) is 1.97. The largest absolute Gasteiger partial charge is 0.491 e. The van der Waals surface area contributed by atoms with Crippen LogP contribution in [0.1, 0.15) is 43.6 Å². The third-order valence-corrected chi connectivity index (χ3v) is 3.43. The zero-order chi connectivity index (χ0) is 15.2. The lowest BCUT2D eigenvalue weighted by Gasteiger charge is -2.20. The maximum Gasteiger partial charge on any atom is 0.120 e. The molecule has 0 fully saturated rings.